The standard InChI is InChI=1S/C36H34BrN3O7S/c1-7-45-35(42)31-21(4)39-36-40(32(31)25-12-13-27(47-20(2)3)28(17-25)43-5)34(41)30(48-36)16-24-14-26(37)33(29(15-24)44-6)46-19-23-10-8-22(18-38)9-11-23/h8-17,20,32H,7,19H2,1-6H3/b30-16+/t32-/m1/s1. The molecule has 4 aromatic rings. The second-order valence-electron chi connectivity index (χ2n) is 11.0. The Hall–Kier alpha value is -4.86. The van der Waals surface area contributed by atoms with Crippen LogP contribution >= 0.6 is 27.3 Å². The Balaban J connectivity index is 1.58. The van der Waals surface area contributed by atoms with Crippen molar-refractivity contribution in [3.05, 3.63) is 112 Å². The number of halogens is 1. The van der Waals surface area contributed by atoms with E-state index in [-0.39, 0.29) is 30.5 Å². The first-order chi connectivity index (χ1) is 23.1. The highest BCUT2D eigenvalue weighted by molar-refractivity contribution is 9.10. The van der Waals surface area contributed by atoms with Crippen LogP contribution in [0.25, 0.3) is 6.08 Å². The summed E-state index contributed by atoms with van der Waals surface area (Å²) in [6.45, 7) is 7.74. The molecule has 248 valence electrons. The molecule has 0 N–H and O–H groups in total. The summed E-state index contributed by atoms with van der Waals surface area (Å²) in [6.07, 6.45) is 1.67. The number of carbonyl (C=O) groups is 1. The molecule has 0 fully saturated rings. The number of carbonyl (C=O) groups excluding carboxylic acids is 1. The van der Waals surface area contributed by atoms with Crippen LogP contribution < -0.4 is 33.8 Å². The lowest BCUT2D eigenvalue weighted by Gasteiger charge is -2.25. The molecule has 0 unspecified atom stereocenters. The number of rotatable bonds is 11. The van der Waals surface area contributed by atoms with Gasteiger partial charge in [-0.05, 0) is 103 Å². The van der Waals surface area contributed by atoms with Crippen LogP contribution in [0.3, 0.4) is 0 Å². The zero-order valence-corrected chi connectivity index (χ0v) is 29.7. The zero-order chi connectivity index (χ0) is 34.5. The predicted octanol–water partition coefficient (Wildman–Crippen LogP) is 5.82. The van der Waals surface area contributed by atoms with Gasteiger partial charge in [-0.3, -0.25) is 9.36 Å². The average Bonchev–Trinajstić information content (AvgIpc) is 3.37. The molecule has 1 aliphatic heterocycles. The van der Waals surface area contributed by atoms with Gasteiger partial charge in [0.25, 0.3) is 5.56 Å². The van der Waals surface area contributed by atoms with Gasteiger partial charge in [0.2, 0.25) is 0 Å². The van der Waals surface area contributed by atoms with Gasteiger partial charge >= 0.3 is 5.97 Å². The number of hydrogen-bond donors (Lipinski definition) is 0. The second kappa shape index (κ2) is 14.9. The van der Waals surface area contributed by atoms with Crippen molar-refractivity contribution in [3.63, 3.8) is 0 Å². The van der Waals surface area contributed by atoms with E-state index in [0.717, 1.165) is 5.56 Å². The first kappa shape index (κ1) is 34.5. The van der Waals surface area contributed by atoms with Gasteiger partial charge in [0.15, 0.2) is 27.8 Å². The summed E-state index contributed by atoms with van der Waals surface area (Å²) in [6, 6.07) is 17.4. The monoisotopic (exact) mass is 731 g/mol. The minimum Gasteiger partial charge on any atom is -0.493 e. The molecule has 0 bridgehead atoms. The van der Waals surface area contributed by atoms with Crippen molar-refractivity contribution in [2.24, 2.45) is 4.99 Å². The first-order valence-corrected chi connectivity index (χ1v) is 16.7. The molecule has 1 aromatic heterocycles. The van der Waals surface area contributed by atoms with Crippen LogP contribution in [0, 0.1) is 11.3 Å². The van der Waals surface area contributed by atoms with E-state index in [1.165, 1.54) is 15.9 Å². The minimum absolute atomic E-state index is 0.0820. The van der Waals surface area contributed by atoms with Crippen LogP contribution in [0.1, 0.15) is 56.0 Å². The number of hydrogen-bond acceptors (Lipinski definition) is 10. The number of allylic oxidation sites excluding steroid dienone is 1. The Bertz CT molecular complexity index is 2110. The average molecular weight is 733 g/mol. The topological polar surface area (TPSA) is 121 Å². The van der Waals surface area contributed by atoms with E-state index < -0.39 is 12.0 Å². The van der Waals surface area contributed by atoms with E-state index in [9.17, 15) is 9.59 Å². The summed E-state index contributed by atoms with van der Waals surface area (Å²) in [5.74, 6) is 1.43. The number of methoxy groups -OCH3 is 2. The van der Waals surface area contributed by atoms with Crippen molar-refractivity contribution in [2.75, 3.05) is 20.8 Å². The molecule has 1 atom stereocenters. The SMILES string of the molecule is CCOC(=O)C1=C(C)N=c2s/c(=C/c3cc(Br)c(OCc4ccc(C#N)cc4)c(OC)c3)c(=O)n2[C@@H]1c1ccc(OC(C)C)c(OC)c1. The summed E-state index contributed by atoms with van der Waals surface area (Å²) in [5, 5.41) is 9.06. The molecule has 0 aliphatic carbocycles. The van der Waals surface area contributed by atoms with Gasteiger partial charge in [0.1, 0.15) is 6.61 Å². The molecular weight excluding hydrogens is 698 g/mol. The quantitative estimate of drug-likeness (QED) is 0.177. The van der Waals surface area contributed by atoms with Gasteiger partial charge in [-0.15, -0.1) is 0 Å². The molecule has 0 spiro atoms. The molecule has 1 aliphatic rings. The van der Waals surface area contributed by atoms with E-state index in [2.05, 4.69) is 27.0 Å². The molecule has 48 heavy (non-hydrogen) atoms. The van der Waals surface area contributed by atoms with Crippen LogP contribution in [-0.4, -0.2) is 37.5 Å². The highest BCUT2D eigenvalue weighted by Gasteiger charge is 2.34. The Morgan fingerprint density at radius 2 is 1.81 bits per heavy atom. The number of thiazole rings is 1. The Labute approximate surface area is 290 Å². The van der Waals surface area contributed by atoms with Gasteiger partial charge in [-0.2, -0.15) is 5.26 Å². The van der Waals surface area contributed by atoms with Gasteiger partial charge < -0.3 is 23.7 Å². The van der Waals surface area contributed by atoms with E-state index in [1.54, 1.807) is 64.5 Å². The fourth-order valence-corrected chi connectivity index (χ4v) is 6.88. The molecule has 0 saturated heterocycles. The molecule has 12 heteroatoms. The molecular formula is C36H34BrN3O7S. The smallest absolute Gasteiger partial charge is 0.338 e. The van der Waals surface area contributed by atoms with E-state index in [4.69, 9.17) is 28.9 Å². The third-order valence-electron chi connectivity index (χ3n) is 7.40. The van der Waals surface area contributed by atoms with Crippen molar-refractivity contribution in [1.82, 2.24) is 4.57 Å². The number of fused-ring (bicyclic) bond motifs is 1. The summed E-state index contributed by atoms with van der Waals surface area (Å²) in [4.78, 5) is 32.6. The molecule has 0 saturated carbocycles. The Kier molecular flexibility index (Phi) is 10.7. The van der Waals surface area contributed by atoms with Crippen molar-refractivity contribution < 1.29 is 28.5 Å². The normalized spacial score (nSPS) is 14.2. The number of aromatic nitrogens is 1. The van der Waals surface area contributed by atoms with Crippen LogP contribution in [0.2, 0.25) is 0 Å². The van der Waals surface area contributed by atoms with Gasteiger partial charge in [0, 0.05) is 0 Å². The highest BCUT2D eigenvalue weighted by atomic mass is 79.9. The van der Waals surface area contributed by atoms with Crippen LogP contribution in [-0.2, 0) is 16.1 Å². The zero-order valence-electron chi connectivity index (χ0n) is 27.3. The second-order valence-corrected chi connectivity index (χ2v) is 12.9. The maximum Gasteiger partial charge on any atom is 0.338 e. The summed E-state index contributed by atoms with van der Waals surface area (Å²) < 4.78 is 31.3. The third kappa shape index (κ3) is 7.17. The third-order valence-corrected chi connectivity index (χ3v) is 8.97. The van der Waals surface area contributed by atoms with E-state index >= 15 is 0 Å². The van der Waals surface area contributed by atoms with Crippen LogP contribution in [0.15, 0.2) is 80.1 Å². The molecule has 5 rings (SSSR count). The van der Waals surface area contributed by atoms with Gasteiger partial charge in [-0.1, -0.05) is 29.5 Å². The summed E-state index contributed by atoms with van der Waals surface area (Å²) in [5.41, 5.74) is 3.19. The van der Waals surface area contributed by atoms with Crippen molar-refractivity contribution >= 4 is 39.3 Å². The Morgan fingerprint density at radius 1 is 1.08 bits per heavy atom. The fraction of sp³-hybridized carbons (Fsp3) is 0.278. The number of esters is 1. The van der Waals surface area contributed by atoms with Gasteiger partial charge in [-0.25, -0.2) is 9.79 Å². The number of nitrogens with zero attached hydrogens (tertiary/aromatic N) is 3. The lowest BCUT2D eigenvalue weighted by Crippen LogP contribution is -2.40. The van der Waals surface area contributed by atoms with E-state index in [0.29, 0.717) is 59.2 Å². The van der Waals surface area contributed by atoms with Crippen molar-refractivity contribution in [2.45, 2.75) is 46.4 Å². The van der Waals surface area contributed by atoms with Crippen molar-refractivity contribution in [1.29, 1.82) is 5.26 Å². The largest absolute Gasteiger partial charge is 0.493 e. The molecule has 2 heterocycles. The maximum atomic E-state index is 14.2. The summed E-state index contributed by atoms with van der Waals surface area (Å²) >= 11 is 4.82. The maximum absolute atomic E-state index is 14.2. The van der Waals surface area contributed by atoms with Crippen LogP contribution in [0.5, 0.6) is 23.0 Å². The highest BCUT2D eigenvalue weighted by Crippen LogP contribution is 2.38. The lowest BCUT2D eigenvalue weighted by molar-refractivity contribution is -0.139. The van der Waals surface area contributed by atoms with Gasteiger partial charge in [0.05, 0.1) is 64.9 Å². The number of nitriles is 1. The predicted molar refractivity (Wildman–Crippen MR) is 185 cm³/mol. The summed E-state index contributed by atoms with van der Waals surface area (Å²) in [7, 11) is 3.08. The lowest BCUT2D eigenvalue weighted by atomic mass is 9.95. The first-order valence-electron chi connectivity index (χ1n) is 15.1. The molecule has 0 amide bonds. The molecule has 10 nitrogen and oxygen atoms in total. The fourth-order valence-electron chi connectivity index (χ4n) is 5.26. The Morgan fingerprint density at radius 3 is 2.46 bits per heavy atom. The minimum atomic E-state index is -0.816. The molecule has 0 radical (unpaired) electrons. The van der Waals surface area contributed by atoms with Crippen LogP contribution in [0.4, 0.5) is 0 Å². The van der Waals surface area contributed by atoms with Crippen molar-refractivity contribution in [3.8, 4) is 29.1 Å². The van der Waals surface area contributed by atoms with E-state index in [1.807, 2.05) is 38.1 Å². The molecule has 3 aromatic carbocycles. The number of ether oxygens (including phenoxy) is 5. The number of benzene rings is 3.